The first-order valence-corrected chi connectivity index (χ1v) is 6.47. The minimum atomic E-state index is -0.174. The maximum Gasteiger partial charge on any atom is 0.224 e. The minimum absolute atomic E-state index is 0.0467. The third-order valence-electron chi connectivity index (χ3n) is 2.63. The zero-order chi connectivity index (χ0) is 15.0. The molecule has 20 heavy (non-hydrogen) atoms. The molecule has 3 N–H and O–H groups in total. The fourth-order valence-corrected chi connectivity index (χ4v) is 1.71. The molecule has 6 heteroatoms. The minimum Gasteiger partial charge on any atom is -0.494 e. The van der Waals surface area contributed by atoms with Gasteiger partial charge in [0.15, 0.2) is 0 Å². The van der Waals surface area contributed by atoms with Crippen molar-refractivity contribution in [2.75, 3.05) is 31.3 Å². The molecule has 0 saturated heterocycles. The Labute approximate surface area is 118 Å². The van der Waals surface area contributed by atoms with Gasteiger partial charge in [-0.2, -0.15) is 0 Å². The van der Waals surface area contributed by atoms with Gasteiger partial charge in [-0.05, 0) is 32.1 Å². The average Bonchev–Trinajstić information content (AvgIpc) is 2.40. The Hall–Kier alpha value is -2.08. The van der Waals surface area contributed by atoms with Crippen molar-refractivity contribution >= 4 is 23.2 Å². The number of amides is 2. The summed E-state index contributed by atoms with van der Waals surface area (Å²) in [6.45, 7) is 2.23. The Morgan fingerprint density at radius 2 is 2.00 bits per heavy atom. The van der Waals surface area contributed by atoms with Crippen molar-refractivity contribution in [3.63, 3.8) is 0 Å². The molecule has 0 fully saturated rings. The van der Waals surface area contributed by atoms with Crippen LogP contribution in [0.1, 0.15) is 19.8 Å². The van der Waals surface area contributed by atoms with E-state index < -0.39 is 0 Å². The molecule has 0 aliphatic carbocycles. The van der Waals surface area contributed by atoms with E-state index in [0.29, 0.717) is 23.5 Å². The van der Waals surface area contributed by atoms with Crippen LogP contribution < -0.4 is 20.7 Å². The van der Waals surface area contributed by atoms with E-state index in [0.717, 1.165) is 13.0 Å². The molecule has 6 nitrogen and oxygen atoms in total. The Balaban J connectivity index is 2.67. The van der Waals surface area contributed by atoms with Crippen LogP contribution >= 0.6 is 0 Å². The highest BCUT2D eigenvalue weighted by Crippen LogP contribution is 2.28. The van der Waals surface area contributed by atoms with Gasteiger partial charge in [-0.3, -0.25) is 9.59 Å². The highest BCUT2D eigenvalue weighted by molar-refractivity contribution is 5.93. The lowest BCUT2D eigenvalue weighted by atomic mass is 10.2. The number of methoxy groups -OCH3 is 1. The van der Waals surface area contributed by atoms with Crippen LogP contribution in [0.25, 0.3) is 0 Å². The second-order valence-corrected chi connectivity index (χ2v) is 4.35. The maximum absolute atomic E-state index is 11.7. The zero-order valence-corrected chi connectivity index (χ0v) is 12.1. The molecule has 0 aliphatic rings. The van der Waals surface area contributed by atoms with Crippen molar-refractivity contribution in [2.45, 2.75) is 19.8 Å². The summed E-state index contributed by atoms with van der Waals surface area (Å²) in [6, 6.07) is 5.11. The van der Waals surface area contributed by atoms with E-state index in [1.165, 1.54) is 14.0 Å². The van der Waals surface area contributed by atoms with Crippen LogP contribution in [-0.2, 0) is 9.59 Å². The second-order valence-electron chi connectivity index (χ2n) is 4.35. The molecule has 1 aromatic carbocycles. The molecule has 2 amide bonds. The summed E-state index contributed by atoms with van der Waals surface area (Å²) in [5, 5.41) is 8.45. The van der Waals surface area contributed by atoms with E-state index in [4.69, 9.17) is 4.74 Å². The molecule has 0 unspecified atom stereocenters. The molecular weight excluding hydrogens is 258 g/mol. The molecule has 0 radical (unpaired) electrons. The van der Waals surface area contributed by atoms with E-state index in [9.17, 15) is 9.59 Å². The number of nitrogens with one attached hydrogen (secondary N) is 3. The van der Waals surface area contributed by atoms with Crippen molar-refractivity contribution < 1.29 is 14.3 Å². The second kappa shape index (κ2) is 8.16. The van der Waals surface area contributed by atoms with Gasteiger partial charge in [0, 0.05) is 25.1 Å². The number of hydrogen-bond acceptors (Lipinski definition) is 4. The number of hydrogen-bond donors (Lipinski definition) is 3. The third kappa shape index (κ3) is 5.27. The van der Waals surface area contributed by atoms with E-state index in [-0.39, 0.29) is 11.8 Å². The van der Waals surface area contributed by atoms with Crippen LogP contribution in [0.5, 0.6) is 5.75 Å². The van der Waals surface area contributed by atoms with Gasteiger partial charge in [-0.25, -0.2) is 0 Å². The molecule has 0 aromatic heterocycles. The molecule has 110 valence electrons. The van der Waals surface area contributed by atoms with Gasteiger partial charge in [-0.15, -0.1) is 0 Å². The largest absolute Gasteiger partial charge is 0.494 e. The third-order valence-corrected chi connectivity index (χ3v) is 2.63. The summed E-state index contributed by atoms with van der Waals surface area (Å²) in [6.07, 6.45) is 1.24. The van der Waals surface area contributed by atoms with Crippen LogP contribution in [0.2, 0.25) is 0 Å². The number of ether oxygens (including phenoxy) is 1. The van der Waals surface area contributed by atoms with Crippen molar-refractivity contribution in [3.8, 4) is 5.75 Å². The van der Waals surface area contributed by atoms with E-state index in [2.05, 4.69) is 16.0 Å². The van der Waals surface area contributed by atoms with Gasteiger partial charge in [0.05, 0.1) is 12.8 Å². The predicted molar refractivity (Wildman–Crippen MR) is 79.1 cm³/mol. The zero-order valence-electron chi connectivity index (χ0n) is 12.1. The monoisotopic (exact) mass is 279 g/mol. The summed E-state index contributed by atoms with van der Waals surface area (Å²) in [5.74, 6) is 0.287. The first kappa shape index (κ1) is 16.0. The first-order valence-electron chi connectivity index (χ1n) is 6.47. The van der Waals surface area contributed by atoms with Gasteiger partial charge < -0.3 is 20.7 Å². The summed E-state index contributed by atoms with van der Waals surface area (Å²) < 4.78 is 5.19. The van der Waals surface area contributed by atoms with Crippen LogP contribution in [-0.4, -0.2) is 32.5 Å². The highest BCUT2D eigenvalue weighted by atomic mass is 16.5. The Bertz CT molecular complexity index is 475. The Kier molecular flexibility index (Phi) is 6.52. The van der Waals surface area contributed by atoms with E-state index in [1.54, 1.807) is 18.2 Å². The molecule has 0 saturated carbocycles. The molecule has 0 bridgehead atoms. The predicted octanol–water partition coefficient (Wildman–Crippen LogP) is 1.59. The first-order chi connectivity index (χ1) is 9.56. The lowest BCUT2D eigenvalue weighted by molar-refractivity contribution is -0.116. The van der Waals surface area contributed by atoms with E-state index >= 15 is 0 Å². The molecule has 1 aromatic rings. The van der Waals surface area contributed by atoms with Gasteiger partial charge in [0.2, 0.25) is 11.8 Å². The van der Waals surface area contributed by atoms with Gasteiger partial charge in [0.1, 0.15) is 5.75 Å². The summed E-state index contributed by atoms with van der Waals surface area (Å²) in [4.78, 5) is 22.7. The fraction of sp³-hybridized carbons (Fsp3) is 0.429. The lowest BCUT2D eigenvalue weighted by Crippen LogP contribution is -2.15. The SMILES string of the molecule is CNCCCC(=O)Nc1ccc(NC(C)=O)c(OC)c1. The summed E-state index contributed by atoms with van der Waals surface area (Å²) >= 11 is 0. The molecule has 0 spiro atoms. The van der Waals surface area contributed by atoms with Crippen molar-refractivity contribution in [1.82, 2.24) is 5.32 Å². The molecule has 0 heterocycles. The van der Waals surface area contributed by atoms with Crippen molar-refractivity contribution in [1.29, 1.82) is 0 Å². The number of benzene rings is 1. The molecule has 0 aliphatic heterocycles. The molecule has 0 atom stereocenters. The number of carbonyl (C=O) groups excluding carboxylic acids is 2. The van der Waals surface area contributed by atoms with E-state index in [1.807, 2.05) is 7.05 Å². The van der Waals surface area contributed by atoms with Crippen LogP contribution in [0.3, 0.4) is 0 Å². The van der Waals surface area contributed by atoms with Gasteiger partial charge in [0.25, 0.3) is 0 Å². The molecule has 1 rings (SSSR count). The standard InChI is InChI=1S/C14H21N3O3/c1-10(18)16-12-7-6-11(9-13(12)20-3)17-14(19)5-4-8-15-2/h6-7,9,15H,4-5,8H2,1-3H3,(H,16,18)(H,17,19). The van der Waals surface area contributed by atoms with Crippen LogP contribution in [0.15, 0.2) is 18.2 Å². The summed E-state index contributed by atoms with van der Waals surface area (Å²) in [7, 11) is 3.36. The smallest absolute Gasteiger partial charge is 0.224 e. The topological polar surface area (TPSA) is 79.5 Å². The molecular formula is C14H21N3O3. The Morgan fingerprint density at radius 1 is 1.25 bits per heavy atom. The maximum atomic E-state index is 11.7. The number of carbonyl (C=O) groups is 2. The average molecular weight is 279 g/mol. The summed E-state index contributed by atoms with van der Waals surface area (Å²) in [5.41, 5.74) is 1.22. The van der Waals surface area contributed by atoms with Gasteiger partial charge >= 0.3 is 0 Å². The fourth-order valence-electron chi connectivity index (χ4n) is 1.71. The van der Waals surface area contributed by atoms with Gasteiger partial charge in [-0.1, -0.05) is 0 Å². The van der Waals surface area contributed by atoms with Crippen LogP contribution in [0.4, 0.5) is 11.4 Å². The van der Waals surface area contributed by atoms with Crippen LogP contribution in [0, 0.1) is 0 Å². The van der Waals surface area contributed by atoms with Crippen molar-refractivity contribution in [2.24, 2.45) is 0 Å². The number of rotatable bonds is 7. The quantitative estimate of drug-likeness (QED) is 0.662. The number of anilines is 2. The highest BCUT2D eigenvalue weighted by Gasteiger charge is 2.08. The van der Waals surface area contributed by atoms with Crippen molar-refractivity contribution in [3.05, 3.63) is 18.2 Å². The lowest BCUT2D eigenvalue weighted by Gasteiger charge is -2.11. The Morgan fingerprint density at radius 3 is 2.60 bits per heavy atom. The normalized spacial score (nSPS) is 9.95.